The maximum atomic E-state index is 5.89. The third-order valence-electron chi connectivity index (χ3n) is 2.39. The van der Waals surface area contributed by atoms with Gasteiger partial charge in [0.05, 0.1) is 0 Å². The molecule has 0 aliphatic rings. The van der Waals surface area contributed by atoms with E-state index in [0.717, 1.165) is 12.8 Å². The molecule has 0 saturated heterocycles. The van der Waals surface area contributed by atoms with Crippen LogP contribution in [0.3, 0.4) is 0 Å². The SMILES string of the molecule is CCCCC(N)C=CC(N)CCCC. The molecule has 2 nitrogen and oxygen atoms in total. The summed E-state index contributed by atoms with van der Waals surface area (Å²) in [5.41, 5.74) is 11.8. The summed E-state index contributed by atoms with van der Waals surface area (Å²) in [6.07, 6.45) is 11.1. The molecule has 0 aromatic rings. The van der Waals surface area contributed by atoms with Crippen LogP contribution in [0.25, 0.3) is 0 Å². The molecule has 0 radical (unpaired) electrons. The van der Waals surface area contributed by atoms with E-state index >= 15 is 0 Å². The highest BCUT2D eigenvalue weighted by Gasteiger charge is 1.99. The first-order chi connectivity index (χ1) is 6.70. The molecular weight excluding hydrogens is 172 g/mol. The second-order valence-electron chi connectivity index (χ2n) is 4.00. The lowest BCUT2D eigenvalue weighted by atomic mass is 10.1. The number of rotatable bonds is 8. The van der Waals surface area contributed by atoms with Crippen LogP contribution in [0.4, 0.5) is 0 Å². The van der Waals surface area contributed by atoms with Gasteiger partial charge in [0.15, 0.2) is 0 Å². The van der Waals surface area contributed by atoms with Crippen molar-refractivity contribution in [2.24, 2.45) is 11.5 Å². The molecule has 0 amide bonds. The van der Waals surface area contributed by atoms with Gasteiger partial charge in [0.2, 0.25) is 0 Å². The maximum Gasteiger partial charge on any atom is 0.0224 e. The van der Waals surface area contributed by atoms with Crippen LogP contribution in [0.2, 0.25) is 0 Å². The molecule has 84 valence electrons. The topological polar surface area (TPSA) is 52.0 Å². The van der Waals surface area contributed by atoms with E-state index in [1.807, 2.05) is 0 Å². The molecule has 0 rings (SSSR count). The molecule has 0 saturated carbocycles. The summed E-state index contributed by atoms with van der Waals surface area (Å²) in [4.78, 5) is 0. The molecule has 2 atom stereocenters. The summed E-state index contributed by atoms with van der Waals surface area (Å²) in [5.74, 6) is 0. The van der Waals surface area contributed by atoms with Gasteiger partial charge in [-0.3, -0.25) is 0 Å². The number of nitrogens with two attached hydrogens (primary N) is 2. The Morgan fingerprint density at radius 1 is 0.857 bits per heavy atom. The third kappa shape index (κ3) is 8.27. The van der Waals surface area contributed by atoms with E-state index in [9.17, 15) is 0 Å². The number of unbranched alkanes of at least 4 members (excludes halogenated alkanes) is 2. The summed E-state index contributed by atoms with van der Waals surface area (Å²) < 4.78 is 0. The van der Waals surface area contributed by atoms with E-state index in [1.54, 1.807) is 0 Å². The Hall–Kier alpha value is -0.340. The van der Waals surface area contributed by atoms with E-state index in [4.69, 9.17) is 11.5 Å². The molecule has 4 N–H and O–H groups in total. The van der Waals surface area contributed by atoms with Crippen LogP contribution in [0.1, 0.15) is 52.4 Å². The largest absolute Gasteiger partial charge is 0.324 e. The van der Waals surface area contributed by atoms with E-state index in [2.05, 4.69) is 26.0 Å². The van der Waals surface area contributed by atoms with Crippen molar-refractivity contribution in [2.75, 3.05) is 0 Å². The number of hydrogen-bond acceptors (Lipinski definition) is 2. The Morgan fingerprint density at radius 3 is 1.50 bits per heavy atom. The minimum Gasteiger partial charge on any atom is -0.324 e. The predicted octanol–water partition coefficient (Wildman–Crippen LogP) is 2.58. The summed E-state index contributed by atoms with van der Waals surface area (Å²) in [7, 11) is 0. The fourth-order valence-corrected chi connectivity index (χ4v) is 1.36. The fourth-order valence-electron chi connectivity index (χ4n) is 1.36. The zero-order valence-corrected chi connectivity index (χ0v) is 9.71. The van der Waals surface area contributed by atoms with E-state index < -0.39 is 0 Å². The Labute approximate surface area is 88.7 Å². The van der Waals surface area contributed by atoms with Gasteiger partial charge in [0, 0.05) is 12.1 Å². The quantitative estimate of drug-likeness (QED) is 0.589. The van der Waals surface area contributed by atoms with Gasteiger partial charge >= 0.3 is 0 Å². The van der Waals surface area contributed by atoms with Crippen LogP contribution in [0, 0.1) is 0 Å². The van der Waals surface area contributed by atoms with Gasteiger partial charge in [-0.1, -0.05) is 51.7 Å². The molecule has 0 aromatic carbocycles. The van der Waals surface area contributed by atoms with Gasteiger partial charge in [-0.2, -0.15) is 0 Å². The molecule has 2 heteroatoms. The lowest BCUT2D eigenvalue weighted by molar-refractivity contribution is 0.634. The van der Waals surface area contributed by atoms with Gasteiger partial charge in [0.1, 0.15) is 0 Å². The van der Waals surface area contributed by atoms with Crippen molar-refractivity contribution in [3.8, 4) is 0 Å². The van der Waals surface area contributed by atoms with Crippen LogP contribution in [0.5, 0.6) is 0 Å². The zero-order chi connectivity index (χ0) is 10.8. The normalized spacial score (nSPS) is 16.0. The molecule has 14 heavy (non-hydrogen) atoms. The van der Waals surface area contributed by atoms with Gasteiger partial charge in [-0.05, 0) is 12.8 Å². The number of hydrogen-bond donors (Lipinski definition) is 2. The van der Waals surface area contributed by atoms with Crippen molar-refractivity contribution in [2.45, 2.75) is 64.5 Å². The molecule has 0 fully saturated rings. The van der Waals surface area contributed by atoms with Crippen molar-refractivity contribution in [3.63, 3.8) is 0 Å². The van der Waals surface area contributed by atoms with Crippen LogP contribution in [-0.4, -0.2) is 12.1 Å². The first-order valence-electron chi connectivity index (χ1n) is 5.90. The van der Waals surface area contributed by atoms with Crippen molar-refractivity contribution < 1.29 is 0 Å². The monoisotopic (exact) mass is 198 g/mol. The second-order valence-corrected chi connectivity index (χ2v) is 4.00. The zero-order valence-electron chi connectivity index (χ0n) is 9.71. The molecule has 0 spiro atoms. The van der Waals surface area contributed by atoms with Crippen LogP contribution >= 0.6 is 0 Å². The Bertz CT molecular complexity index is 127. The standard InChI is InChI=1S/C12H26N2/c1-3-5-7-11(13)9-10-12(14)8-6-4-2/h9-12H,3-8,13-14H2,1-2H3. The average molecular weight is 198 g/mol. The van der Waals surface area contributed by atoms with Crippen LogP contribution in [0.15, 0.2) is 12.2 Å². The lowest BCUT2D eigenvalue weighted by Crippen LogP contribution is -2.21. The molecule has 0 bridgehead atoms. The Morgan fingerprint density at radius 2 is 1.21 bits per heavy atom. The molecular formula is C12H26N2. The first kappa shape index (κ1) is 13.7. The van der Waals surface area contributed by atoms with Gasteiger partial charge in [-0.15, -0.1) is 0 Å². The minimum atomic E-state index is 0.197. The highest BCUT2D eigenvalue weighted by Crippen LogP contribution is 2.02. The van der Waals surface area contributed by atoms with Crippen molar-refractivity contribution >= 4 is 0 Å². The molecule has 0 aliphatic carbocycles. The second kappa shape index (κ2) is 9.22. The summed E-state index contributed by atoms with van der Waals surface area (Å²) in [6, 6.07) is 0.394. The van der Waals surface area contributed by atoms with Crippen molar-refractivity contribution in [1.29, 1.82) is 0 Å². The summed E-state index contributed by atoms with van der Waals surface area (Å²) in [5, 5.41) is 0. The van der Waals surface area contributed by atoms with E-state index in [1.165, 1.54) is 25.7 Å². The van der Waals surface area contributed by atoms with Crippen LogP contribution < -0.4 is 11.5 Å². The predicted molar refractivity (Wildman–Crippen MR) is 64.1 cm³/mol. The highest BCUT2D eigenvalue weighted by atomic mass is 14.6. The average Bonchev–Trinajstić information content (AvgIpc) is 2.20. The molecule has 0 aromatic heterocycles. The lowest BCUT2D eigenvalue weighted by Gasteiger charge is -2.08. The van der Waals surface area contributed by atoms with Crippen molar-refractivity contribution in [1.82, 2.24) is 0 Å². The smallest absolute Gasteiger partial charge is 0.0224 e. The van der Waals surface area contributed by atoms with Crippen LogP contribution in [-0.2, 0) is 0 Å². The fraction of sp³-hybridized carbons (Fsp3) is 0.833. The molecule has 2 unspecified atom stereocenters. The van der Waals surface area contributed by atoms with E-state index in [0.29, 0.717) is 0 Å². The summed E-state index contributed by atoms with van der Waals surface area (Å²) >= 11 is 0. The van der Waals surface area contributed by atoms with E-state index in [-0.39, 0.29) is 12.1 Å². The highest BCUT2D eigenvalue weighted by molar-refractivity contribution is 4.97. The molecule has 0 heterocycles. The van der Waals surface area contributed by atoms with Gasteiger partial charge < -0.3 is 11.5 Å². The Balaban J connectivity index is 3.56. The third-order valence-corrected chi connectivity index (χ3v) is 2.39. The molecule has 0 aliphatic heterocycles. The minimum absolute atomic E-state index is 0.197. The first-order valence-corrected chi connectivity index (χ1v) is 5.90. The maximum absolute atomic E-state index is 5.89. The van der Waals surface area contributed by atoms with Gasteiger partial charge in [-0.25, -0.2) is 0 Å². The Kier molecular flexibility index (Phi) is 9.00. The van der Waals surface area contributed by atoms with Crippen molar-refractivity contribution in [3.05, 3.63) is 12.2 Å². The summed E-state index contributed by atoms with van der Waals surface area (Å²) in [6.45, 7) is 4.37. The van der Waals surface area contributed by atoms with Gasteiger partial charge in [0.25, 0.3) is 0 Å².